The van der Waals surface area contributed by atoms with E-state index in [1.807, 2.05) is 30.3 Å². The first-order valence-corrected chi connectivity index (χ1v) is 8.44. The van der Waals surface area contributed by atoms with Crippen molar-refractivity contribution in [1.82, 2.24) is 4.90 Å². The molecule has 128 valence electrons. The normalized spacial score (nSPS) is 15.6. The first-order valence-electron chi connectivity index (χ1n) is 8.44. The first-order chi connectivity index (χ1) is 11.3. The van der Waals surface area contributed by atoms with Gasteiger partial charge in [0.05, 0.1) is 0 Å². The minimum atomic E-state index is -0.216. The predicted octanol–water partition coefficient (Wildman–Crippen LogP) is 2.82. The molecule has 0 aromatic heterocycles. The van der Waals surface area contributed by atoms with E-state index < -0.39 is 0 Å². The summed E-state index contributed by atoms with van der Waals surface area (Å²) in [5.41, 5.74) is 1.01. The Morgan fingerprint density at radius 1 is 1.17 bits per heavy atom. The standard InChI is InChI=1S/C18H27NO4/c20-12-4-13-22-14-9-16-7-10-19(11-8-16)18(21)23-15-17-5-2-1-3-6-17/h1-3,5-6,16,20H,4,7-15H2. The second-order valence-corrected chi connectivity index (χ2v) is 5.95. The fourth-order valence-electron chi connectivity index (χ4n) is 2.73. The van der Waals surface area contributed by atoms with Crippen molar-refractivity contribution in [2.75, 3.05) is 32.9 Å². The van der Waals surface area contributed by atoms with E-state index in [0.29, 0.717) is 25.6 Å². The number of piperidine rings is 1. The Kier molecular flexibility index (Phi) is 7.90. The average Bonchev–Trinajstić information content (AvgIpc) is 2.61. The molecule has 1 N–H and O–H groups in total. The van der Waals surface area contributed by atoms with Crippen molar-refractivity contribution in [3.63, 3.8) is 0 Å². The highest BCUT2D eigenvalue weighted by molar-refractivity contribution is 5.67. The zero-order chi connectivity index (χ0) is 16.3. The van der Waals surface area contributed by atoms with Crippen molar-refractivity contribution in [3.05, 3.63) is 35.9 Å². The summed E-state index contributed by atoms with van der Waals surface area (Å²) in [5, 5.41) is 8.68. The molecule has 23 heavy (non-hydrogen) atoms. The molecule has 1 aliphatic heterocycles. The molecule has 1 amide bonds. The van der Waals surface area contributed by atoms with Crippen LogP contribution in [-0.4, -0.2) is 49.0 Å². The van der Waals surface area contributed by atoms with Gasteiger partial charge in [-0.3, -0.25) is 0 Å². The number of aliphatic hydroxyl groups excluding tert-OH is 1. The van der Waals surface area contributed by atoms with Crippen LogP contribution in [0.1, 0.15) is 31.2 Å². The number of hydrogen-bond donors (Lipinski definition) is 1. The van der Waals surface area contributed by atoms with Gasteiger partial charge in [-0.2, -0.15) is 0 Å². The van der Waals surface area contributed by atoms with Crippen molar-refractivity contribution in [1.29, 1.82) is 0 Å². The van der Waals surface area contributed by atoms with Crippen LogP contribution in [0.3, 0.4) is 0 Å². The third-order valence-electron chi connectivity index (χ3n) is 4.20. The lowest BCUT2D eigenvalue weighted by Gasteiger charge is -2.31. The topological polar surface area (TPSA) is 59.0 Å². The predicted molar refractivity (Wildman–Crippen MR) is 88.1 cm³/mol. The van der Waals surface area contributed by atoms with E-state index in [0.717, 1.165) is 44.5 Å². The molecule has 0 unspecified atom stereocenters. The molecule has 0 atom stereocenters. The van der Waals surface area contributed by atoms with Crippen molar-refractivity contribution in [2.45, 2.75) is 32.3 Å². The van der Waals surface area contributed by atoms with E-state index in [1.54, 1.807) is 4.90 Å². The molecule has 1 fully saturated rings. The van der Waals surface area contributed by atoms with Crippen LogP contribution in [0, 0.1) is 5.92 Å². The number of aliphatic hydroxyl groups is 1. The lowest BCUT2D eigenvalue weighted by Crippen LogP contribution is -2.39. The molecule has 1 saturated heterocycles. The second kappa shape index (κ2) is 10.2. The van der Waals surface area contributed by atoms with E-state index in [2.05, 4.69) is 0 Å². The SMILES string of the molecule is O=C(OCc1ccccc1)N1CCC(CCOCCCO)CC1. The molecule has 0 radical (unpaired) electrons. The third-order valence-corrected chi connectivity index (χ3v) is 4.20. The Bertz CT molecular complexity index is 444. The fourth-order valence-corrected chi connectivity index (χ4v) is 2.73. The number of amides is 1. The van der Waals surface area contributed by atoms with Crippen LogP contribution in [0.5, 0.6) is 0 Å². The van der Waals surface area contributed by atoms with Crippen LogP contribution >= 0.6 is 0 Å². The molecular formula is C18H27NO4. The molecule has 0 aliphatic carbocycles. The lowest BCUT2D eigenvalue weighted by molar-refractivity contribution is 0.0707. The summed E-state index contributed by atoms with van der Waals surface area (Å²) in [6.45, 7) is 3.40. The van der Waals surface area contributed by atoms with E-state index in [4.69, 9.17) is 14.6 Å². The van der Waals surface area contributed by atoms with Crippen molar-refractivity contribution in [3.8, 4) is 0 Å². The first kappa shape index (κ1) is 17.8. The summed E-state index contributed by atoms with van der Waals surface area (Å²) in [6, 6.07) is 9.74. The van der Waals surface area contributed by atoms with E-state index in [9.17, 15) is 4.79 Å². The highest BCUT2D eigenvalue weighted by Gasteiger charge is 2.23. The summed E-state index contributed by atoms with van der Waals surface area (Å²) >= 11 is 0. The summed E-state index contributed by atoms with van der Waals surface area (Å²) in [5.74, 6) is 0.613. The molecule has 0 spiro atoms. The Morgan fingerprint density at radius 3 is 2.61 bits per heavy atom. The van der Waals surface area contributed by atoms with Gasteiger partial charge in [-0.05, 0) is 37.2 Å². The zero-order valence-electron chi connectivity index (χ0n) is 13.7. The molecular weight excluding hydrogens is 294 g/mol. The Hall–Kier alpha value is -1.59. The highest BCUT2D eigenvalue weighted by Crippen LogP contribution is 2.21. The number of benzene rings is 1. The second-order valence-electron chi connectivity index (χ2n) is 5.95. The molecule has 5 heteroatoms. The largest absolute Gasteiger partial charge is 0.445 e. The van der Waals surface area contributed by atoms with Gasteiger partial charge in [0.2, 0.25) is 0 Å². The minimum Gasteiger partial charge on any atom is -0.445 e. The van der Waals surface area contributed by atoms with Crippen LogP contribution < -0.4 is 0 Å². The average molecular weight is 321 g/mol. The van der Waals surface area contributed by atoms with Crippen LogP contribution in [0.2, 0.25) is 0 Å². The van der Waals surface area contributed by atoms with E-state index in [1.165, 1.54) is 0 Å². The number of carbonyl (C=O) groups is 1. The quantitative estimate of drug-likeness (QED) is 0.748. The smallest absolute Gasteiger partial charge is 0.410 e. The molecule has 0 bridgehead atoms. The van der Waals surface area contributed by atoms with E-state index in [-0.39, 0.29) is 12.7 Å². The summed E-state index contributed by atoms with van der Waals surface area (Å²) in [7, 11) is 0. The number of hydrogen-bond acceptors (Lipinski definition) is 4. The number of likely N-dealkylation sites (tertiary alicyclic amines) is 1. The number of ether oxygens (including phenoxy) is 2. The van der Waals surface area contributed by atoms with Crippen LogP contribution in [0.25, 0.3) is 0 Å². The molecule has 1 aromatic carbocycles. The summed E-state index contributed by atoms with van der Waals surface area (Å²) in [6.07, 6.45) is 3.52. The van der Waals surface area contributed by atoms with Crippen molar-refractivity contribution in [2.24, 2.45) is 5.92 Å². The van der Waals surface area contributed by atoms with Gasteiger partial charge in [0, 0.05) is 32.9 Å². The molecule has 1 aliphatic rings. The Labute approximate surface area is 138 Å². The van der Waals surface area contributed by atoms with Crippen molar-refractivity contribution < 1.29 is 19.4 Å². The zero-order valence-corrected chi connectivity index (χ0v) is 13.7. The molecule has 0 saturated carbocycles. The van der Waals surface area contributed by atoms with Crippen LogP contribution in [0.15, 0.2) is 30.3 Å². The van der Waals surface area contributed by atoms with Gasteiger partial charge in [0.1, 0.15) is 6.61 Å². The summed E-state index contributed by atoms with van der Waals surface area (Å²) in [4.78, 5) is 13.9. The number of carbonyl (C=O) groups excluding carboxylic acids is 1. The van der Waals surface area contributed by atoms with Gasteiger partial charge in [0.15, 0.2) is 0 Å². The van der Waals surface area contributed by atoms with Gasteiger partial charge in [-0.1, -0.05) is 30.3 Å². The molecule has 1 heterocycles. The fraction of sp³-hybridized carbons (Fsp3) is 0.611. The van der Waals surface area contributed by atoms with Crippen LogP contribution in [0.4, 0.5) is 4.79 Å². The lowest BCUT2D eigenvalue weighted by atomic mass is 9.94. The van der Waals surface area contributed by atoms with Gasteiger partial charge in [-0.15, -0.1) is 0 Å². The highest BCUT2D eigenvalue weighted by atomic mass is 16.6. The minimum absolute atomic E-state index is 0.184. The van der Waals surface area contributed by atoms with Gasteiger partial charge < -0.3 is 19.5 Å². The van der Waals surface area contributed by atoms with Gasteiger partial charge >= 0.3 is 6.09 Å². The third kappa shape index (κ3) is 6.59. The summed E-state index contributed by atoms with van der Waals surface area (Å²) < 4.78 is 10.8. The molecule has 5 nitrogen and oxygen atoms in total. The number of nitrogens with zero attached hydrogens (tertiary/aromatic N) is 1. The maximum absolute atomic E-state index is 12.1. The number of rotatable bonds is 8. The van der Waals surface area contributed by atoms with Crippen LogP contribution in [-0.2, 0) is 16.1 Å². The van der Waals surface area contributed by atoms with E-state index >= 15 is 0 Å². The van der Waals surface area contributed by atoms with Crippen molar-refractivity contribution >= 4 is 6.09 Å². The Morgan fingerprint density at radius 2 is 1.91 bits per heavy atom. The molecule has 1 aromatic rings. The van der Waals surface area contributed by atoms with Gasteiger partial charge in [-0.25, -0.2) is 4.79 Å². The maximum Gasteiger partial charge on any atom is 0.410 e. The monoisotopic (exact) mass is 321 g/mol. The maximum atomic E-state index is 12.1. The van der Waals surface area contributed by atoms with Gasteiger partial charge in [0.25, 0.3) is 0 Å². The Balaban J connectivity index is 1.59. The molecule has 2 rings (SSSR count).